The summed E-state index contributed by atoms with van der Waals surface area (Å²) in [6, 6.07) is 0. The maximum absolute atomic E-state index is 6.13. The molecule has 0 bridgehead atoms. The fourth-order valence-electron chi connectivity index (χ4n) is 3.54. The molecule has 2 fully saturated rings. The lowest BCUT2D eigenvalue weighted by molar-refractivity contribution is -0.191. The normalized spacial score (nSPS) is 33.1. The van der Waals surface area contributed by atoms with E-state index in [0.29, 0.717) is 24.0 Å². The smallest absolute Gasteiger partial charge is 0.154 e. The molecule has 0 N–H and O–H groups in total. The summed E-state index contributed by atoms with van der Waals surface area (Å²) in [5.41, 5.74) is 0. The van der Waals surface area contributed by atoms with Gasteiger partial charge in [-0.15, -0.1) is 0 Å². The molecule has 0 aromatic carbocycles. The van der Waals surface area contributed by atoms with Crippen molar-refractivity contribution in [1.29, 1.82) is 0 Å². The summed E-state index contributed by atoms with van der Waals surface area (Å²) in [6.07, 6.45) is 9.16. The van der Waals surface area contributed by atoms with Crippen molar-refractivity contribution in [3.05, 3.63) is 0 Å². The van der Waals surface area contributed by atoms with Gasteiger partial charge in [-0.05, 0) is 64.2 Å². The van der Waals surface area contributed by atoms with Crippen LogP contribution < -0.4 is 0 Å². The van der Waals surface area contributed by atoms with E-state index in [1.807, 2.05) is 6.92 Å². The molecule has 2 rings (SSSR count). The molecular weight excluding hydrogens is 316 g/mol. The molecule has 0 saturated carbocycles. The average Bonchev–Trinajstić information content (AvgIpc) is 2.64. The highest BCUT2D eigenvalue weighted by molar-refractivity contribution is 4.73. The third-order valence-corrected chi connectivity index (χ3v) is 5.84. The van der Waals surface area contributed by atoms with Gasteiger partial charge in [0.15, 0.2) is 6.29 Å². The van der Waals surface area contributed by atoms with E-state index in [4.69, 9.17) is 18.9 Å². The third-order valence-electron chi connectivity index (χ3n) is 5.84. The summed E-state index contributed by atoms with van der Waals surface area (Å²) in [5, 5.41) is 0. The zero-order valence-electron chi connectivity index (χ0n) is 16.9. The Morgan fingerprint density at radius 2 is 1.60 bits per heavy atom. The Hall–Kier alpha value is -0.160. The zero-order valence-corrected chi connectivity index (χ0v) is 16.9. The molecule has 0 aliphatic carbocycles. The largest absolute Gasteiger partial charge is 0.378 e. The van der Waals surface area contributed by atoms with Crippen LogP contribution in [0.2, 0.25) is 0 Å². The van der Waals surface area contributed by atoms with Crippen LogP contribution in [0.4, 0.5) is 0 Å². The molecule has 2 saturated heterocycles. The maximum Gasteiger partial charge on any atom is 0.154 e. The van der Waals surface area contributed by atoms with Crippen molar-refractivity contribution < 1.29 is 18.9 Å². The van der Waals surface area contributed by atoms with E-state index in [-0.39, 0.29) is 6.29 Å². The van der Waals surface area contributed by atoms with Crippen molar-refractivity contribution >= 4 is 0 Å². The van der Waals surface area contributed by atoms with Gasteiger partial charge in [-0.3, -0.25) is 0 Å². The minimum Gasteiger partial charge on any atom is -0.378 e. The van der Waals surface area contributed by atoms with Crippen LogP contribution >= 0.6 is 0 Å². The first-order valence-electron chi connectivity index (χ1n) is 10.5. The molecule has 4 heteroatoms. The predicted octanol–water partition coefficient (Wildman–Crippen LogP) is 4.80. The summed E-state index contributed by atoms with van der Waals surface area (Å²) < 4.78 is 23.2. The van der Waals surface area contributed by atoms with Gasteiger partial charge in [0.25, 0.3) is 0 Å². The Morgan fingerprint density at radius 1 is 0.920 bits per heavy atom. The molecular formula is C21H40O4. The van der Waals surface area contributed by atoms with Crippen LogP contribution in [0.15, 0.2) is 0 Å². The molecule has 4 atom stereocenters. The molecule has 2 aliphatic rings. The molecule has 0 aromatic heterocycles. The van der Waals surface area contributed by atoms with Gasteiger partial charge in [0.05, 0.1) is 25.4 Å². The fraction of sp³-hybridized carbons (Fsp3) is 1.00. The van der Waals surface area contributed by atoms with Crippen LogP contribution in [0.5, 0.6) is 0 Å². The molecule has 4 nitrogen and oxygen atoms in total. The lowest BCUT2D eigenvalue weighted by Gasteiger charge is -2.32. The van der Waals surface area contributed by atoms with E-state index < -0.39 is 0 Å². The molecule has 2 aliphatic heterocycles. The Bertz CT molecular complexity index is 333. The standard InChI is InChI=1S/C21H40O4/c1-5-16(2)12-22-17(3)6-10-21-11-9-19(13-25-21)7-8-20-14-23-18(4)24-15-20/h16-21H,5-15H2,1-4H3/t16?,17-,18?,19+,20?,21?/m0/s1. The molecule has 0 spiro atoms. The van der Waals surface area contributed by atoms with Crippen molar-refractivity contribution in [2.75, 3.05) is 26.4 Å². The zero-order chi connectivity index (χ0) is 18.1. The van der Waals surface area contributed by atoms with Gasteiger partial charge < -0.3 is 18.9 Å². The summed E-state index contributed by atoms with van der Waals surface area (Å²) in [5.74, 6) is 1.95. The Labute approximate surface area is 154 Å². The van der Waals surface area contributed by atoms with Gasteiger partial charge in [-0.25, -0.2) is 0 Å². The quantitative estimate of drug-likeness (QED) is 0.563. The predicted molar refractivity (Wildman–Crippen MR) is 101 cm³/mol. The van der Waals surface area contributed by atoms with Crippen molar-refractivity contribution in [1.82, 2.24) is 0 Å². The van der Waals surface area contributed by atoms with Gasteiger partial charge >= 0.3 is 0 Å². The SMILES string of the molecule is CCC(C)CO[C@@H](C)CCC1CC[C@@H](CCC2COC(C)OC2)CO1. The second kappa shape index (κ2) is 11.5. The molecule has 2 unspecified atom stereocenters. The van der Waals surface area contributed by atoms with E-state index in [1.54, 1.807) is 0 Å². The number of hydrogen-bond donors (Lipinski definition) is 0. The van der Waals surface area contributed by atoms with Crippen molar-refractivity contribution in [2.24, 2.45) is 17.8 Å². The van der Waals surface area contributed by atoms with Gasteiger partial charge in [0.2, 0.25) is 0 Å². The Balaban J connectivity index is 1.51. The van der Waals surface area contributed by atoms with E-state index >= 15 is 0 Å². The highest BCUT2D eigenvalue weighted by Gasteiger charge is 2.25. The molecule has 0 amide bonds. The summed E-state index contributed by atoms with van der Waals surface area (Å²) >= 11 is 0. The number of hydrogen-bond acceptors (Lipinski definition) is 4. The van der Waals surface area contributed by atoms with Gasteiger partial charge in [0.1, 0.15) is 0 Å². The highest BCUT2D eigenvalue weighted by atomic mass is 16.7. The Kier molecular flexibility index (Phi) is 9.75. The fourth-order valence-corrected chi connectivity index (χ4v) is 3.54. The van der Waals surface area contributed by atoms with Crippen LogP contribution in [0.25, 0.3) is 0 Å². The van der Waals surface area contributed by atoms with E-state index in [9.17, 15) is 0 Å². The monoisotopic (exact) mass is 356 g/mol. The summed E-state index contributed by atoms with van der Waals surface area (Å²) in [6.45, 7) is 12.2. The first-order valence-corrected chi connectivity index (χ1v) is 10.5. The van der Waals surface area contributed by atoms with Crippen molar-refractivity contribution in [3.8, 4) is 0 Å². The first-order chi connectivity index (χ1) is 12.1. The number of ether oxygens (including phenoxy) is 4. The van der Waals surface area contributed by atoms with Crippen LogP contribution in [0.3, 0.4) is 0 Å². The lowest BCUT2D eigenvalue weighted by atomic mass is 9.89. The van der Waals surface area contributed by atoms with Crippen molar-refractivity contribution in [3.63, 3.8) is 0 Å². The van der Waals surface area contributed by atoms with E-state index in [0.717, 1.165) is 45.2 Å². The van der Waals surface area contributed by atoms with Gasteiger partial charge in [-0.1, -0.05) is 20.3 Å². The average molecular weight is 357 g/mol. The third kappa shape index (κ3) is 8.38. The molecule has 2 heterocycles. The van der Waals surface area contributed by atoms with Crippen molar-refractivity contribution in [2.45, 2.75) is 91.1 Å². The molecule has 148 valence electrons. The van der Waals surface area contributed by atoms with Crippen LogP contribution in [-0.4, -0.2) is 44.9 Å². The van der Waals surface area contributed by atoms with Crippen LogP contribution in [0.1, 0.15) is 72.6 Å². The van der Waals surface area contributed by atoms with Gasteiger partial charge in [-0.2, -0.15) is 0 Å². The first kappa shape index (κ1) is 21.1. The van der Waals surface area contributed by atoms with Gasteiger partial charge in [0, 0.05) is 19.1 Å². The molecule has 0 aromatic rings. The summed E-state index contributed by atoms with van der Waals surface area (Å²) in [7, 11) is 0. The topological polar surface area (TPSA) is 36.9 Å². The summed E-state index contributed by atoms with van der Waals surface area (Å²) in [4.78, 5) is 0. The molecule has 0 radical (unpaired) electrons. The minimum atomic E-state index is -0.0217. The van der Waals surface area contributed by atoms with Crippen LogP contribution in [0, 0.1) is 17.8 Å². The Morgan fingerprint density at radius 3 is 2.24 bits per heavy atom. The lowest BCUT2D eigenvalue weighted by Crippen LogP contribution is -2.31. The maximum atomic E-state index is 6.13. The number of rotatable bonds is 10. The highest BCUT2D eigenvalue weighted by Crippen LogP contribution is 2.28. The second-order valence-electron chi connectivity index (χ2n) is 8.31. The second-order valence-corrected chi connectivity index (χ2v) is 8.31. The van der Waals surface area contributed by atoms with E-state index in [2.05, 4.69) is 20.8 Å². The van der Waals surface area contributed by atoms with Crippen LogP contribution in [-0.2, 0) is 18.9 Å². The molecule has 25 heavy (non-hydrogen) atoms. The van der Waals surface area contributed by atoms with E-state index in [1.165, 1.54) is 32.1 Å². The minimum absolute atomic E-state index is 0.0217.